The first-order chi connectivity index (χ1) is 10.7. The van der Waals surface area contributed by atoms with Crippen molar-refractivity contribution in [1.82, 2.24) is 0 Å². The molecular weight excluding hydrogens is 272 g/mol. The lowest BCUT2D eigenvalue weighted by molar-refractivity contribution is 0.0311. The standard InChI is InChI=1S/C20H25O2/c1-3-20-11-10-15-16(18(20)8-9-19(20)21)7-5-13-4-6-14(22-2)12-17(13)15/h4,8,12,15-16,19,21H,3,5,7,9-11H2,1-2H3/t15-,16+,19+,20-/m0/s1. The van der Waals surface area contributed by atoms with Crippen LogP contribution in [0.4, 0.5) is 0 Å². The van der Waals surface area contributed by atoms with Crippen molar-refractivity contribution >= 4 is 0 Å². The molecule has 1 aromatic carbocycles. The second-order valence-electron chi connectivity index (χ2n) is 7.19. The predicted octanol–water partition coefficient (Wildman–Crippen LogP) is 4.02. The zero-order valence-corrected chi connectivity index (χ0v) is 13.6. The van der Waals surface area contributed by atoms with Gasteiger partial charge in [0.15, 0.2) is 0 Å². The summed E-state index contributed by atoms with van der Waals surface area (Å²) in [5.41, 5.74) is 4.56. The maximum Gasteiger partial charge on any atom is 0.127 e. The normalized spacial score (nSPS) is 36.1. The van der Waals surface area contributed by atoms with E-state index in [9.17, 15) is 5.11 Å². The molecular formula is C20H25O2. The van der Waals surface area contributed by atoms with Crippen LogP contribution in [0.1, 0.15) is 56.1 Å². The van der Waals surface area contributed by atoms with Crippen LogP contribution in [0.3, 0.4) is 0 Å². The Labute approximate surface area is 133 Å². The predicted molar refractivity (Wildman–Crippen MR) is 87.0 cm³/mol. The van der Waals surface area contributed by atoms with Crippen LogP contribution in [-0.2, 0) is 6.42 Å². The van der Waals surface area contributed by atoms with Crippen molar-refractivity contribution in [1.29, 1.82) is 0 Å². The van der Waals surface area contributed by atoms with Crippen molar-refractivity contribution < 1.29 is 9.84 Å². The van der Waals surface area contributed by atoms with Crippen LogP contribution in [0, 0.1) is 17.4 Å². The lowest BCUT2D eigenvalue weighted by Crippen LogP contribution is -2.41. The number of rotatable bonds is 2. The molecule has 3 aliphatic rings. The fraction of sp³-hybridized carbons (Fsp3) is 0.600. The van der Waals surface area contributed by atoms with Crippen molar-refractivity contribution in [3.8, 4) is 5.75 Å². The average Bonchev–Trinajstić information content (AvgIpc) is 2.91. The van der Waals surface area contributed by atoms with Gasteiger partial charge in [-0.3, -0.25) is 0 Å². The molecule has 2 heteroatoms. The summed E-state index contributed by atoms with van der Waals surface area (Å²) in [4.78, 5) is 0. The second kappa shape index (κ2) is 5.13. The van der Waals surface area contributed by atoms with Gasteiger partial charge < -0.3 is 9.84 Å². The van der Waals surface area contributed by atoms with Crippen LogP contribution < -0.4 is 4.74 Å². The zero-order valence-electron chi connectivity index (χ0n) is 13.6. The van der Waals surface area contributed by atoms with E-state index in [1.54, 1.807) is 12.7 Å². The van der Waals surface area contributed by atoms with E-state index in [4.69, 9.17) is 4.74 Å². The molecule has 1 N–H and O–H groups in total. The number of aliphatic hydroxyl groups is 1. The molecule has 0 spiro atoms. The SMILES string of the molecule is CC[C@]12CC[C@@H]3c4cc(OC)[c]cc4CC[C@H]3C1=CC[C@H]2O. The van der Waals surface area contributed by atoms with Gasteiger partial charge in [-0.15, -0.1) is 0 Å². The van der Waals surface area contributed by atoms with Crippen molar-refractivity contribution in [3.63, 3.8) is 0 Å². The summed E-state index contributed by atoms with van der Waals surface area (Å²) in [6.07, 6.45) is 8.79. The highest BCUT2D eigenvalue weighted by Gasteiger charge is 2.51. The highest BCUT2D eigenvalue weighted by Crippen LogP contribution is 2.60. The largest absolute Gasteiger partial charge is 0.496 e. The number of aliphatic hydroxyl groups excluding tert-OH is 1. The molecule has 0 aromatic heterocycles. The van der Waals surface area contributed by atoms with Crippen molar-refractivity contribution in [2.24, 2.45) is 11.3 Å². The van der Waals surface area contributed by atoms with Gasteiger partial charge in [-0.2, -0.15) is 0 Å². The third-order valence-corrected chi connectivity index (χ3v) is 6.58. The molecule has 2 nitrogen and oxygen atoms in total. The van der Waals surface area contributed by atoms with Crippen molar-refractivity contribution in [2.75, 3.05) is 7.11 Å². The number of hydrogen-bond acceptors (Lipinski definition) is 2. The number of benzene rings is 1. The highest BCUT2D eigenvalue weighted by molar-refractivity contribution is 5.43. The van der Waals surface area contributed by atoms with Crippen LogP contribution in [0.25, 0.3) is 0 Å². The fourth-order valence-electron chi connectivity index (χ4n) is 5.38. The fourth-order valence-corrected chi connectivity index (χ4v) is 5.38. The monoisotopic (exact) mass is 297 g/mol. The lowest BCUT2D eigenvalue weighted by Gasteiger charge is -2.48. The number of aryl methyl sites for hydroxylation is 1. The molecule has 117 valence electrons. The van der Waals surface area contributed by atoms with Crippen LogP contribution >= 0.6 is 0 Å². The number of hydrogen-bond donors (Lipinski definition) is 1. The van der Waals surface area contributed by atoms with Crippen molar-refractivity contribution in [2.45, 2.75) is 57.5 Å². The highest BCUT2D eigenvalue weighted by atomic mass is 16.5. The average molecular weight is 297 g/mol. The van der Waals surface area contributed by atoms with E-state index >= 15 is 0 Å². The molecule has 1 saturated carbocycles. The van der Waals surface area contributed by atoms with Crippen LogP contribution in [-0.4, -0.2) is 18.3 Å². The summed E-state index contributed by atoms with van der Waals surface area (Å²) >= 11 is 0. The van der Waals surface area contributed by atoms with E-state index in [-0.39, 0.29) is 11.5 Å². The van der Waals surface area contributed by atoms with Gasteiger partial charge in [0.2, 0.25) is 0 Å². The first-order valence-electron chi connectivity index (χ1n) is 8.66. The molecule has 3 aliphatic carbocycles. The van der Waals surface area contributed by atoms with Gasteiger partial charge in [0.1, 0.15) is 5.75 Å². The molecule has 4 atom stereocenters. The molecule has 0 heterocycles. The Balaban J connectivity index is 1.74. The van der Waals surface area contributed by atoms with Gasteiger partial charge in [0.05, 0.1) is 13.2 Å². The molecule has 1 fully saturated rings. The minimum atomic E-state index is -0.159. The van der Waals surface area contributed by atoms with Gasteiger partial charge >= 0.3 is 0 Å². The Bertz CT molecular complexity index is 618. The van der Waals surface area contributed by atoms with Crippen LogP contribution in [0.5, 0.6) is 5.75 Å². The van der Waals surface area contributed by atoms with Gasteiger partial charge in [-0.05, 0) is 73.6 Å². The van der Waals surface area contributed by atoms with E-state index < -0.39 is 0 Å². The smallest absolute Gasteiger partial charge is 0.127 e. The van der Waals surface area contributed by atoms with Gasteiger partial charge in [0, 0.05) is 11.5 Å². The molecule has 0 amide bonds. The van der Waals surface area contributed by atoms with E-state index in [2.05, 4.69) is 31.2 Å². The van der Waals surface area contributed by atoms with Gasteiger partial charge in [0.25, 0.3) is 0 Å². The summed E-state index contributed by atoms with van der Waals surface area (Å²) in [5.74, 6) is 2.07. The maximum absolute atomic E-state index is 10.6. The number of methoxy groups -OCH3 is 1. The van der Waals surface area contributed by atoms with Crippen molar-refractivity contribution in [3.05, 3.63) is 41.0 Å². The molecule has 0 bridgehead atoms. The Hall–Kier alpha value is -1.28. The Morgan fingerprint density at radius 3 is 3.00 bits per heavy atom. The topological polar surface area (TPSA) is 29.5 Å². The molecule has 4 rings (SSSR count). The molecule has 0 saturated heterocycles. The first kappa shape index (κ1) is 14.3. The molecule has 22 heavy (non-hydrogen) atoms. The summed E-state index contributed by atoms with van der Waals surface area (Å²) in [6, 6.07) is 7.57. The molecule has 0 unspecified atom stereocenters. The lowest BCUT2D eigenvalue weighted by atomic mass is 9.56. The number of fused-ring (bicyclic) bond motifs is 5. The summed E-state index contributed by atoms with van der Waals surface area (Å²) in [7, 11) is 1.72. The molecule has 1 radical (unpaired) electrons. The summed E-state index contributed by atoms with van der Waals surface area (Å²) < 4.78 is 5.39. The van der Waals surface area contributed by atoms with Gasteiger partial charge in [-0.25, -0.2) is 0 Å². The maximum atomic E-state index is 10.6. The molecule has 0 aliphatic heterocycles. The van der Waals surface area contributed by atoms with E-state index in [1.165, 1.54) is 24.0 Å². The minimum Gasteiger partial charge on any atom is -0.496 e. The quantitative estimate of drug-likeness (QED) is 0.835. The first-order valence-corrected chi connectivity index (χ1v) is 8.66. The molecule has 1 aromatic rings. The third-order valence-electron chi connectivity index (χ3n) is 6.58. The van der Waals surface area contributed by atoms with E-state index in [0.29, 0.717) is 11.8 Å². The van der Waals surface area contributed by atoms with Crippen LogP contribution in [0.2, 0.25) is 0 Å². The van der Waals surface area contributed by atoms with Crippen LogP contribution in [0.15, 0.2) is 23.8 Å². The second-order valence-corrected chi connectivity index (χ2v) is 7.19. The van der Waals surface area contributed by atoms with Gasteiger partial charge in [-0.1, -0.05) is 18.6 Å². The Morgan fingerprint density at radius 2 is 2.23 bits per heavy atom. The van der Waals surface area contributed by atoms with E-state index in [0.717, 1.165) is 31.4 Å². The number of ether oxygens (including phenoxy) is 1. The van der Waals surface area contributed by atoms with E-state index in [1.807, 2.05) is 0 Å². The summed E-state index contributed by atoms with van der Waals surface area (Å²) in [6.45, 7) is 2.25. The Kier molecular flexibility index (Phi) is 3.34. The Morgan fingerprint density at radius 1 is 1.36 bits per heavy atom. The summed E-state index contributed by atoms with van der Waals surface area (Å²) in [5, 5.41) is 10.6. The zero-order chi connectivity index (χ0) is 15.3. The third kappa shape index (κ3) is 1.83. The minimum absolute atomic E-state index is 0.0731.